The van der Waals surface area contributed by atoms with Crippen LogP contribution in [0.4, 0.5) is 0 Å². The second kappa shape index (κ2) is 8.21. The van der Waals surface area contributed by atoms with Gasteiger partial charge in [-0.1, -0.05) is 0 Å². The highest BCUT2D eigenvalue weighted by atomic mass is 32.2. The van der Waals surface area contributed by atoms with E-state index in [9.17, 15) is 9.59 Å². The van der Waals surface area contributed by atoms with Gasteiger partial charge in [-0.2, -0.15) is 11.8 Å². The molecule has 2 fully saturated rings. The lowest BCUT2D eigenvalue weighted by Crippen LogP contribution is -2.48. The van der Waals surface area contributed by atoms with E-state index < -0.39 is 0 Å². The number of amides is 1. The summed E-state index contributed by atoms with van der Waals surface area (Å²) < 4.78 is 1.59. The summed E-state index contributed by atoms with van der Waals surface area (Å²) in [5.41, 5.74) is 0.353. The minimum Gasteiger partial charge on any atom is -0.349 e. The maximum atomic E-state index is 12.4. The van der Waals surface area contributed by atoms with Crippen LogP contribution < -0.4 is 10.9 Å². The minimum atomic E-state index is -0.122. The Labute approximate surface area is 147 Å². The first kappa shape index (κ1) is 17.5. The van der Waals surface area contributed by atoms with Crippen molar-refractivity contribution < 1.29 is 4.79 Å². The molecule has 0 spiro atoms. The van der Waals surface area contributed by atoms with Crippen LogP contribution in [-0.4, -0.2) is 52.1 Å². The number of nitrogens with zero attached hydrogens (tertiary/aromatic N) is 2. The first-order valence-electron chi connectivity index (χ1n) is 9.00. The third-order valence-corrected chi connectivity index (χ3v) is 6.22. The van der Waals surface area contributed by atoms with E-state index in [1.165, 1.54) is 30.4 Å². The summed E-state index contributed by atoms with van der Waals surface area (Å²) in [4.78, 5) is 26.8. The van der Waals surface area contributed by atoms with Gasteiger partial charge in [0.25, 0.3) is 11.5 Å². The average molecular weight is 350 g/mol. The molecule has 0 aromatic carbocycles. The third-order valence-electron chi connectivity index (χ3n) is 5.17. The standard InChI is InChI=1S/C18H27N3O2S/c1-2-20-8-3-14(13-17(20)22)18(23)19-15-4-9-21(10-5-15)16-6-11-24-12-7-16/h3,8,13,15-16H,2,4-7,9-12H2,1H3,(H,19,23). The van der Waals surface area contributed by atoms with Crippen LogP contribution in [0, 0.1) is 0 Å². The third kappa shape index (κ3) is 4.22. The van der Waals surface area contributed by atoms with E-state index in [1.54, 1.807) is 16.8 Å². The Kier molecular flexibility index (Phi) is 6.00. The van der Waals surface area contributed by atoms with Gasteiger partial charge < -0.3 is 14.8 Å². The number of nitrogens with one attached hydrogen (secondary N) is 1. The molecule has 6 heteroatoms. The van der Waals surface area contributed by atoms with Gasteiger partial charge >= 0.3 is 0 Å². The molecular weight excluding hydrogens is 322 g/mol. The summed E-state index contributed by atoms with van der Waals surface area (Å²) in [7, 11) is 0. The summed E-state index contributed by atoms with van der Waals surface area (Å²) in [6.07, 6.45) is 6.30. The number of pyridine rings is 1. The number of hydrogen-bond acceptors (Lipinski definition) is 4. The van der Waals surface area contributed by atoms with E-state index >= 15 is 0 Å². The maximum Gasteiger partial charge on any atom is 0.251 e. The Morgan fingerprint density at radius 1 is 1.25 bits per heavy atom. The quantitative estimate of drug-likeness (QED) is 0.903. The summed E-state index contributed by atoms with van der Waals surface area (Å²) in [5, 5.41) is 3.11. The molecule has 2 aliphatic heterocycles. The fraction of sp³-hybridized carbons (Fsp3) is 0.667. The first-order chi connectivity index (χ1) is 11.7. The van der Waals surface area contributed by atoms with Gasteiger partial charge in [0, 0.05) is 49.5 Å². The monoisotopic (exact) mass is 349 g/mol. The predicted molar refractivity (Wildman–Crippen MR) is 98.8 cm³/mol. The Balaban J connectivity index is 1.51. The molecule has 0 aliphatic carbocycles. The fourth-order valence-corrected chi connectivity index (χ4v) is 4.72. The van der Waals surface area contributed by atoms with Gasteiger partial charge in [0.15, 0.2) is 0 Å². The lowest BCUT2D eigenvalue weighted by molar-refractivity contribution is 0.0886. The van der Waals surface area contributed by atoms with Crippen molar-refractivity contribution in [2.75, 3.05) is 24.6 Å². The number of aromatic nitrogens is 1. The summed E-state index contributed by atoms with van der Waals surface area (Å²) in [6, 6.07) is 4.13. The number of carbonyl (C=O) groups is 1. The van der Waals surface area contributed by atoms with Crippen molar-refractivity contribution in [3.8, 4) is 0 Å². The largest absolute Gasteiger partial charge is 0.349 e. The zero-order valence-electron chi connectivity index (χ0n) is 14.4. The van der Waals surface area contributed by atoms with Crippen molar-refractivity contribution in [3.63, 3.8) is 0 Å². The molecule has 0 saturated carbocycles. The number of thioether (sulfide) groups is 1. The fourth-order valence-electron chi connectivity index (χ4n) is 3.64. The highest BCUT2D eigenvalue weighted by Gasteiger charge is 2.27. The smallest absolute Gasteiger partial charge is 0.251 e. The predicted octanol–water partition coefficient (Wildman–Crippen LogP) is 1.96. The van der Waals surface area contributed by atoms with E-state index in [1.807, 2.05) is 6.92 Å². The normalized spacial score (nSPS) is 20.9. The highest BCUT2D eigenvalue weighted by molar-refractivity contribution is 7.99. The highest BCUT2D eigenvalue weighted by Crippen LogP contribution is 2.24. The van der Waals surface area contributed by atoms with Crippen molar-refractivity contribution >= 4 is 17.7 Å². The summed E-state index contributed by atoms with van der Waals surface area (Å²) in [5.74, 6) is 2.44. The molecule has 5 nitrogen and oxygen atoms in total. The number of hydrogen-bond donors (Lipinski definition) is 1. The lowest BCUT2D eigenvalue weighted by Gasteiger charge is -2.39. The Morgan fingerprint density at radius 3 is 2.58 bits per heavy atom. The van der Waals surface area contributed by atoms with Gasteiger partial charge in [-0.05, 0) is 50.2 Å². The molecule has 1 N–H and O–H groups in total. The van der Waals surface area contributed by atoms with Crippen molar-refractivity contribution in [2.45, 2.75) is 51.2 Å². The van der Waals surface area contributed by atoms with Gasteiger partial charge in [0.2, 0.25) is 0 Å². The SMILES string of the molecule is CCn1ccc(C(=O)NC2CCN(C3CCSCC3)CC2)cc1=O. The number of likely N-dealkylation sites (tertiary alicyclic amines) is 1. The van der Waals surface area contributed by atoms with Gasteiger partial charge in [0.05, 0.1) is 0 Å². The molecule has 0 unspecified atom stereocenters. The van der Waals surface area contributed by atoms with Crippen LogP contribution in [0.1, 0.15) is 43.0 Å². The lowest BCUT2D eigenvalue weighted by atomic mass is 10.0. The molecule has 24 heavy (non-hydrogen) atoms. The summed E-state index contributed by atoms with van der Waals surface area (Å²) in [6.45, 7) is 4.67. The van der Waals surface area contributed by atoms with Crippen LogP contribution in [0.15, 0.2) is 23.1 Å². The van der Waals surface area contributed by atoms with Crippen LogP contribution in [-0.2, 0) is 6.54 Å². The minimum absolute atomic E-state index is 0.116. The molecular formula is C18H27N3O2S. The van der Waals surface area contributed by atoms with E-state index in [0.29, 0.717) is 12.1 Å². The molecule has 0 atom stereocenters. The average Bonchev–Trinajstić information content (AvgIpc) is 2.63. The Hall–Kier alpha value is -1.27. The second-order valence-electron chi connectivity index (χ2n) is 6.67. The Bertz CT molecular complexity index is 617. The zero-order chi connectivity index (χ0) is 16.9. The molecule has 3 rings (SSSR count). The Morgan fingerprint density at radius 2 is 1.96 bits per heavy atom. The van der Waals surface area contributed by atoms with Gasteiger partial charge in [0.1, 0.15) is 0 Å². The van der Waals surface area contributed by atoms with Crippen LogP contribution in [0.3, 0.4) is 0 Å². The zero-order valence-corrected chi connectivity index (χ0v) is 15.2. The van der Waals surface area contributed by atoms with Crippen LogP contribution in [0.2, 0.25) is 0 Å². The topological polar surface area (TPSA) is 54.3 Å². The van der Waals surface area contributed by atoms with E-state index in [0.717, 1.165) is 32.0 Å². The molecule has 2 aliphatic rings. The molecule has 1 amide bonds. The van der Waals surface area contributed by atoms with Crippen molar-refractivity contribution in [1.82, 2.24) is 14.8 Å². The number of carbonyl (C=O) groups excluding carboxylic acids is 1. The summed E-state index contributed by atoms with van der Waals surface area (Å²) >= 11 is 2.06. The van der Waals surface area contributed by atoms with Crippen LogP contribution >= 0.6 is 11.8 Å². The first-order valence-corrected chi connectivity index (χ1v) is 10.2. The molecule has 1 aromatic rings. The van der Waals surface area contributed by atoms with Crippen LogP contribution in [0.25, 0.3) is 0 Å². The molecule has 1 aromatic heterocycles. The van der Waals surface area contributed by atoms with E-state index in [-0.39, 0.29) is 17.5 Å². The van der Waals surface area contributed by atoms with E-state index in [4.69, 9.17) is 0 Å². The molecule has 3 heterocycles. The second-order valence-corrected chi connectivity index (χ2v) is 7.89. The van der Waals surface area contributed by atoms with Gasteiger partial charge in [-0.25, -0.2) is 0 Å². The van der Waals surface area contributed by atoms with Crippen molar-refractivity contribution in [3.05, 3.63) is 34.2 Å². The van der Waals surface area contributed by atoms with Gasteiger partial charge in [-0.15, -0.1) is 0 Å². The molecule has 0 bridgehead atoms. The van der Waals surface area contributed by atoms with Gasteiger partial charge in [-0.3, -0.25) is 9.59 Å². The molecule has 2 saturated heterocycles. The van der Waals surface area contributed by atoms with Crippen molar-refractivity contribution in [2.24, 2.45) is 0 Å². The maximum absolute atomic E-state index is 12.4. The number of piperidine rings is 1. The number of aryl methyl sites for hydroxylation is 1. The van der Waals surface area contributed by atoms with Crippen molar-refractivity contribution in [1.29, 1.82) is 0 Å². The molecule has 132 valence electrons. The number of rotatable bonds is 4. The van der Waals surface area contributed by atoms with E-state index in [2.05, 4.69) is 22.0 Å². The molecule has 0 radical (unpaired) electrons. The van der Waals surface area contributed by atoms with Crippen LogP contribution in [0.5, 0.6) is 0 Å².